The summed E-state index contributed by atoms with van der Waals surface area (Å²) < 4.78 is 1.01. The molecular weight excluding hydrogens is 300 g/mol. The molecule has 1 aromatic heterocycles. The molecule has 0 radical (unpaired) electrons. The zero-order valence-corrected chi connectivity index (χ0v) is 11.1. The van der Waals surface area contributed by atoms with Crippen LogP contribution in [-0.2, 0) is 0 Å². The Bertz CT molecular complexity index is 581. The summed E-state index contributed by atoms with van der Waals surface area (Å²) in [5.74, 6) is -0.0374. The molecule has 0 fully saturated rings. The number of hydrogen-bond donors (Lipinski definition) is 2. The molecule has 3 rings (SSSR count). The third-order valence-electron chi connectivity index (χ3n) is 2.65. The number of rotatable bonds is 1. The van der Waals surface area contributed by atoms with Crippen molar-refractivity contribution >= 4 is 38.9 Å². The number of amides is 1. The smallest absolute Gasteiger partial charge is 0.255 e. The second-order valence-electron chi connectivity index (χ2n) is 3.73. The van der Waals surface area contributed by atoms with Crippen LogP contribution in [0.1, 0.15) is 21.4 Å². The first kappa shape index (κ1) is 10.8. The molecule has 1 amide bonds. The normalized spacial score (nSPS) is 18.2. The second kappa shape index (κ2) is 4.16. The molecule has 1 aliphatic rings. The highest BCUT2D eigenvalue weighted by Crippen LogP contribution is 2.33. The van der Waals surface area contributed by atoms with E-state index in [4.69, 9.17) is 0 Å². The molecule has 17 heavy (non-hydrogen) atoms. The van der Waals surface area contributed by atoms with Gasteiger partial charge in [0.25, 0.3) is 5.91 Å². The van der Waals surface area contributed by atoms with Gasteiger partial charge in [-0.3, -0.25) is 4.79 Å². The summed E-state index contributed by atoms with van der Waals surface area (Å²) in [4.78, 5) is 13.0. The number of benzene rings is 1. The highest BCUT2D eigenvalue weighted by atomic mass is 79.9. The van der Waals surface area contributed by atoms with Gasteiger partial charge in [0.1, 0.15) is 6.17 Å². The molecule has 2 N–H and O–H groups in total. The fourth-order valence-corrected chi connectivity index (χ4v) is 3.45. The SMILES string of the molecule is O=C1NC(c2sccc2Br)Nc2ccccc21. The van der Waals surface area contributed by atoms with Crippen molar-refractivity contribution in [3.05, 3.63) is 50.6 Å². The van der Waals surface area contributed by atoms with Crippen molar-refractivity contribution in [2.45, 2.75) is 6.17 Å². The zero-order chi connectivity index (χ0) is 11.8. The van der Waals surface area contributed by atoms with E-state index >= 15 is 0 Å². The zero-order valence-electron chi connectivity index (χ0n) is 8.74. The molecule has 0 saturated heterocycles. The summed E-state index contributed by atoms with van der Waals surface area (Å²) in [6.45, 7) is 0. The van der Waals surface area contributed by atoms with Crippen LogP contribution in [0, 0.1) is 0 Å². The topological polar surface area (TPSA) is 41.1 Å². The monoisotopic (exact) mass is 308 g/mol. The standard InChI is InChI=1S/C12H9BrN2OS/c13-8-5-6-17-10(8)11-14-9-4-2-1-3-7(9)12(16)15-11/h1-6,11,14H,(H,15,16). The van der Waals surface area contributed by atoms with Crippen LogP contribution < -0.4 is 10.6 Å². The van der Waals surface area contributed by atoms with Crippen LogP contribution in [0.15, 0.2) is 40.2 Å². The van der Waals surface area contributed by atoms with E-state index in [1.807, 2.05) is 35.7 Å². The first-order chi connectivity index (χ1) is 8.25. The van der Waals surface area contributed by atoms with E-state index in [-0.39, 0.29) is 12.1 Å². The van der Waals surface area contributed by atoms with Crippen molar-refractivity contribution in [3.63, 3.8) is 0 Å². The quantitative estimate of drug-likeness (QED) is 0.848. The number of para-hydroxylation sites is 1. The van der Waals surface area contributed by atoms with Crippen LogP contribution in [0.4, 0.5) is 5.69 Å². The summed E-state index contributed by atoms with van der Waals surface area (Å²) in [7, 11) is 0. The Hall–Kier alpha value is -1.33. The second-order valence-corrected chi connectivity index (χ2v) is 5.53. The summed E-state index contributed by atoms with van der Waals surface area (Å²) in [6.07, 6.45) is -0.160. The molecule has 3 nitrogen and oxygen atoms in total. The van der Waals surface area contributed by atoms with Gasteiger partial charge in [-0.15, -0.1) is 11.3 Å². The summed E-state index contributed by atoms with van der Waals surface area (Å²) in [6, 6.07) is 9.50. The molecule has 1 unspecified atom stereocenters. The lowest BCUT2D eigenvalue weighted by Gasteiger charge is -2.27. The predicted octanol–water partition coefficient (Wildman–Crippen LogP) is 3.36. The number of carbonyl (C=O) groups is 1. The van der Waals surface area contributed by atoms with Gasteiger partial charge in [-0.1, -0.05) is 12.1 Å². The minimum Gasteiger partial charge on any atom is -0.360 e. The molecule has 0 spiro atoms. The van der Waals surface area contributed by atoms with E-state index in [0.717, 1.165) is 15.0 Å². The van der Waals surface area contributed by atoms with Crippen LogP contribution in [0.5, 0.6) is 0 Å². The van der Waals surface area contributed by atoms with Crippen molar-refractivity contribution in [3.8, 4) is 0 Å². The first-order valence-corrected chi connectivity index (χ1v) is 6.82. The van der Waals surface area contributed by atoms with Crippen molar-refractivity contribution in [2.75, 3.05) is 5.32 Å². The minimum absolute atomic E-state index is 0.0374. The number of nitrogens with one attached hydrogen (secondary N) is 2. The van der Waals surface area contributed by atoms with E-state index in [9.17, 15) is 4.79 Å². The maximum atomic E-state index is 11.9. The summed E-state index contributed by atoms with van der Waals surface area (Å²) >= 11 is 5.09. The Morgan fingerprint density at radius 3 is 2.76 bits per heavy atom. The van der Waals surface area contributed by atoms with Crippen molar-refractivity contribution in [1.82, 2.24) is 5.32 Å². The molecule has 2 aromatic rings. The van der Waals surface area contributed by atoms with Crippen molar-refractivity contribution in [1.29, 1.82) is 0 Å². The molecular formula is C12H9BrN2OS. The number of anilines is 1. The maximum absolute atomic E-state index is 11.9. The van der Waals surface area contributed by atoms with Crippen molar-refractivity contribution < 1.29 is 4.79 Å². The largest absolute Gasteiger partial charge is 0.360 e. The van der Waals surface area contributed by atoms with E-state index in [1.165, 1.54) is 0 Å². The summed E-state index contributed by atoms with van der Waals surface area (Å²) in [5, 5.41) is 8.26. The molecule has 1 atom stereocenters. The average Bonchev–Trinajstić information content (AvgIpc) is 2.75. The Kier molecular flexibility index (Phi) is 2.64. The van der Waals surface area contributed by atoms with Gasteiger partial charge in [-0.25, -0.2) is 0 Å². The highest BCUT2D eigenvalue weighted by Gasteiger charge is 2.25. The molecule has 2 heterocycles. The molecule has 1 aliphatic heterocycles. The Labute approximate surface area is 111 Å². The van der Waals surface area contributed by atoms with Gasteiger partial charge in [0.05, 0.1) is 10.4 Å². The van der Waals surface area contributed by atoms with Crippen LogP contribution in [0.3, 0.4) is 0 Å². The lowest BCUT2D eigenvalue weighted by Crippen LogP contribution is -2.38. The van der Waals surface area contributed by atoms with Gasteiger partial charge in [0.15, 0.2) is 0 Å². The van der Waals surface area contributed by atoms with Crippen molar-refractivity contribution in [2.24, 2.45) is 0 Å². The third kappa shape index (κ3) is 1.85. The highest BCUT2D eigenvalue weighted by molar-refractivity contribution is 9.10. The lowest BCUT2D eigenvalue weighted by atomic mass is 10.1. The molecule has 0 aliphatic carbocycles. The van der Waals surface area contributed by atoms with Crippen LogP contribution in [-0.4, -0.2) is 5.91 Å². The average molecular weight is 309 g/mol. The molecule has 0 bridgehead atoms. The van der Waals surface area contributed by atoms with E-state index < -0.39 is 0 Å². The number of halogens is 1. The number of fused-ring (bicyclic) bond motifs is 1. The van der Waals surface area contributed by atoms with E-state index in [2.05, 4.69) is 26.6 Å². The predicted molar refractivity (Wildman–Crippen MR) is 72.3 cm³/mol. The third-order valence-corrected chi connectivity index (χ3v) is 4.59. The lowest BCUT2D eigenvalue weighted by molar-refractivity contribution is 0.0936. The molecule has 1 aromatic carbocycles. The molecule has 5 heteroatoms. The molecule has 0 saturated carbocycles. The maximum Gasteiger partial charge on any atom is 0.255 e. The van der Waals surface area contributed by atoms with Gasteiger partial charge in [0.2, 0.25) is 0 Å². The van der Waals surface area contributed by atoms with Gasteiger partial charge in [-0.2, -0.15) is 0 Å². The van der Waals surface area contributed by atoms with Gasteiger partial charge < -0.3 is 10.6 Å². The molecule has 86 valence electrons. The van der Waals surface area contributed by atoms with Crippen LogP contribution in [0.25, 0.3) is 0 Å². The fraction of sp³-hybridized carbons (Fsp3) is 0.0833. The first-order valence-electron chi connectivity index (χ1n) is 5.15. The van der Waals surface area contributed by atoms with Gasteiger partial charge >= 0.3 is 0 Å². The van der Waals surface area contributed by atoms with Crippen LogP contribution >= 0.6 is 27.3 Å². The van der Waals surface area contributed by atoms with E-state index in [0.29, 0.717) is 5.56 Å². The Morgan fingerprint density at radius 1 is 1.18 bits per heavy atom. The Balaban J connectivity index is 1.99. The van der Waals surface area contributed by atoms with Gasteiger partial charge in [-0.05, 0) is 39.5 Å². The van der Waals surface area contributed by atoms with Crippen LogP contribution in [0.2, 0.25) is 0 Å². The number of hydrogen-bond acceptors (Lipinski definition) is 3. The number of thiophene rings is 1. The van der Waals surface area contributed by atoms with E-state index in [1.54, 1.807) is 11.3 Å². The minimum atomic E-state index is -0.160. The summed E-state index contributed by atoms with van der Waals surface area (Å²) in [5.41, 5.74) is 1.57. The Morgan fingerprint density at radius 2 is 2.00 bits per heavy atom. The number of carbonyl (C=O) groups excluding carboxylic acids is 1. The fourth-order valence-electron chi connectivity index (χ4n) is 1.85. The van der Waals surface area contributed by atoms with Gasteiger partial charge in [0, 0.05) is 10.2 Å².